The molecule has 0 radical (unpaired) electrons. The van der Waals surface area contributed by atoms with Crippen molar-refractivity contribution in [2.24, 2.45) is 5.73 Å². The van der Waals surface area contributed by atoms with E-state index in [9.17, 15) is 4.79 Å². The van der Waals surface area contributed by atoms with Gasteiger partial charge in [-0.3, -0.25) is 4.79 Å². The van der Waals surface area contributed by atoms with E-state index in [2.05, 4.69) is 47.0 Å². The first-order chi connectivity index (χ1) is 18.0. The quantitative estimate of drug-likeness (QED) is 0.243. The van der Waals surface area contributed by atoms with Crippen molar-refractivity contribution in [2.45, 2.75) is 6.54 Å². The maximum atomic E-state index is 12.4. The molecule has 6 aromatic rings. The van der Waals surface area contributed by atoms with Crippen LogP contribution in [0, 0.1) is 0 Å². The molecule has 0 bridgehead atoms. The van der Waals surface area contributed by atoms with Crippen LogP contribution in [0.25, 0.3) is 44.1 Å². The van der Waals surface area contributed by atoms with E-state index in [0.717, 1.165) is 49.6 Å². The van der Waals surface area contributed by atoms with Crippen molar-refractivity contribution < 1.29 is 4.79 Å². The Labute approximate surface area is 224 Å². The first-order valence-electron chi connectivity index (χ1n) is 12.0. The first-order valence-corrected chi connectivity index (χ1v) is 12.7. The van der Waals surface area contributed by atoms with E-state index in [1.807, 2.05) is 60.7 Å². The summed E-state index contributed by atoms with van der Waals surface area (Å²) in [5.41, 5.74) is 13.4. The molecule has 0 saturated carbocycles. The summed E-state index contributed by atoms with van der Waals surface area (Å²) < 4.78 is 2.24. The van der Waals surface area contributed by atoms with Gasteiger partial charge in [-0.05, 0) is 52.6 Å². The zero-order valence-electron chi connectivity index (χ0n) is 19.8. The molecule has 180 valence electrons. The topological polar surface area (TPSA) is 48.0 Å². The normalized spacial score (nSPS) is 11.3. The molecular weight excluding hydrogens is 499 g/mol. The number of carbonyl (C=O) groups excluding carboxylic acids is 1. The fraction of sp³-hybridized carbons (Fsp3) is 0.0312. The second-order valence-corrected chi connectivity index (χ2v) is 9.82. The van der Waals surface area contributed by atoms with E-state index in [0.29, 0.717) is 22.2 Å². The Morgan fingerprint density at radius 1 is 0.703 bits per heavy atom. The van der Waals surface area contributed by atoms with Crippen molar-refractivity contribution in [3.63, 3.8) is 0 Å². The number of amides is 1. The lowest BCUT2D eigenvalue weighted by atomic mass is 9.99. The third kappa shape index (κ3) is 4.07. The molecule has 0 saturated heterocycles. The van der Waals surface area contributed by atoms with Gasteiger partial charge >= 0.3 is 0 Å². The lowest BCUT2D eigenvalue weighted by molar-refractivity contribution is 0.100. The highest BCUT2D eigenvalue weighted by atomic mass is 35.5. The Morgan fingerprint density at radius 2 is 1.41 bits per heavy atom. The van der Waals surface area contributed by atoms with Gasteiger partial charge in [0.15, 0.2) is 0 Å². The standard InChI is InChI=1S/C32H22Cl2N2O/c33-26-13-7-14-27(34)30(26)21-16-17-24-29(18-21)36(28-15-6-12-25(31(24)28)32(35)37)19-22-10-4-5-11-23(22)20-8-2-1-3-9-20/h1-18H,19H2,(H2,35,37). The molecule has 1 heterocycles. The fourth-order valence-electron chi connectivity index (χ4n) is 5.18. The van der Waals surface area contributed by atoms with Crippen LogP contribution in [0.15, 0.2) is 109 Å². The Kier molecular flexibility index (Phi) is 5.96. The molecule has 6 rings (SSSR count). The minimum absolute atomic E-state index is 0.451. The van der Waals surface area contributed by atoms with Gasteiger partial charge in [-0.25, -0.2) is 0 Å². The minimum Gasteiger partial charge on any atom is -0.366 e. The highest BCUT2D eigenvalue weighted by Gasteiger charge is 2.19. The summed E-state index contributed by atoms with van der Waals surface area (Å²) in [7, 11) is 0. The molecule has 0 aliphatic heterocycles. The van der Waals surface area contributed by atoms with Gasteiger partial charge in [0.05, 0.1) is 11.0 Å². The second kappa shape index (κ2) is 9.44. The molecular formula is C32H22Cl2N2O. The number of hydrogen-bond donors (Lipinski definition) is 1. The SMILES string of the molecule is NC(=O)c1cccc2c1c1ccc(-c3c(Cl)cccc3Cl)cc1n2Cc1ccccc1-c1ccccc1. The highest BCUT2D eigenvalue weighted by Crippen LogP contribution is 2.39. The van der Waals surface area contributed by atoms with Crippen molar-refractivity contribution in [3.05, 3.63) is 130 Å². The molecule has 1 aromatic heterocycles. The summed E-state index contributed by atoms with van der Waals surface area (Å²) in [6.45, 7) is 0.604. The Morgan fingerprint density at radius 3 is 2.16 bits per heavy atom. The predicted molar refractivity (Wildman–Crippen MR) is 154 cm³/mol. The van der Waals surface area contributed by atoms with Crippen molar-refractivity contribution in [3.8, 4) is 22.3 Å². The lowest BCUT2D eigenvalue weighted by Gasteiger charge is -2.14. The second-order valence-electron chi connectivity index (χ2n) is 9.00. The number of fused-ring (bicyclic) bond motifs is 3. The van der Waals surface area contributed by atoms with E-state index in [4.69, 9.17) is 28.9 Å². The van der Waals surface area contributed by atoms with Crippen LogP contribution in [0.4, 0.5) is 0 Å². The predicted octanol–water partition coefficient (Wildman–Crippen LogP) is 8.58. The van der Waals surface area contributed by atoms with Gasteiger partial charge in [0, 0.05) is 38.5 Å². The van der Waals surface area contributed by atoms with Crippen LogP contribution < -0.4 is 5.73 Å². The van der Waals surface area contributed by atoms with Gasteiger partial charge in [0.1, 0.15) is 0 Å². The number of benzene rings is 5. The molecule has 3 nitrogen and oxygen atoms in total. The Balaban J connectivity index is 1.63. The maximum absolute atomic E-state index is 12.4. The van der Waals surface area contributed by atoms with Gasteiger partial charge in [-0.15, -0.1) is 0 Å². The first kappa shape index (κ1) is 23.4. The zero-order valence-corrected chi connectivity index (χ0v) is 21.3. The molecule has 5 aromatic carbocycles. The third-order valence-electron chi connectivity index (χ3n) is 6.84. The van der Waals surface area contributed by atoms with Crippen LogP contribution >= 0.6 is 23.2 Å². The molecule has 0 aliphatic rings. The number of rotatable bonds is 5. The number of aromatic nitrogens is 1. The third-order valence-corrected chi connectivity index (χ3v) is 7.47. The molecule has 1 amide bonds. The highest BCUT2D eigenvalue weighted by molar-refractivity contribution is 6.39. The van der Waals surface area contributed by atoms with Gasteiger partial charge in [-0.2, -0.15) is 0 Å². The summed E-state index contributed by atoms with van der Waals surface area (Å²) >= 11 is 13.1. The smallest absolute Gasteiger partial charge is 0.249 e. The van der Waals surface area contributed by atoms with Crippen LogP contribution in [-0.4, -0.2) is 10.5 Å². The summed E-state index contributed by atoms with van der Waals surface area (Å²) in [6.07, 6.45) is 0. The average molecular weight is 521 g/mol. The van der Waals surface area contributed by atoms with Crippen LogP contribution in [0.2, 0.25) is 10.0 Å². The lowest BCUT2D eigenvalue weighted by Crippen LogP contribution is -2.11. The Bertz CT molecular complexity index is 1790. The maximum Gasteiger partial charge on any atom is 0.249 e. The number of hydrogen-bond acceptors (Lipinski definition) is 1. The van der Waals surface area contributed by atoms with Gasteiger partial charge in [0.25, 0.3) is 0 Å². The Hall–Kier alpha value is -4.05. The molecule has 0 atom stereocenters. The molecule has 2 N–H and O–H groups in total. The van der Waals surface area contributed by atoms with Crippen molar-refractivity contribution >= 4 is 50.9 Å². The molecule has 0 aliphatic carbocycles. The van der Waals surface area contributed by atoms with Crippen LogP contribution in [0.5, 0.6) is 0 Å². The summed E-state index contributed by atoms with van der Waals surface area (Å²) in [4.78, 5) is 12.4. The average Bonchev–Trinajstić information content (AvgIpc) is 3.22. The van der Waals surface area contributed by atoms with Crippen LogP contribution in [-0.2, 0) is 6.54 Å². The molecule has 0 spiro atoms. The molecule has 0 fully saturated rings. The molecule has 37 heavy (non-hydrogen) atoms. The van der Waals surface area contributed by atoms with Crippen molar-refractivity contribution in [2.75, 3.05) is 0 Å². The monoisotopic (exact) mass is 520 g/mol. The number of carbonyl (C=O) groups is 1. The van der Waals surface area contributed by atoms with Gasteiger partial charge in [0.2, 0.25) is 5.91 Å². The van der Waals surface area contributed by atoms with Crippen molar-refractivity contribution in [1.82, 2.24) is 4.57 Å². The van der Waals surface area contributed by atoms with E-state index >= 15 is 0 Å². The van der Waals surface area contributed by atoms with E-state index < -0.39 is 5.91 Å². The molecule has 0 unspecified atom stereocenters. The van der Waals surface area contributed by atoms with Crippen LogP contribution in [0.1, 0.15) is 15.9 Å². The number of halogens is 2. The number of primary amides is 1. The zero-order chi connectivity index (χ0) is 25.5. The van der Waals surface area contributed by atoms with Gasteiger partial charge < -0.3 is 10.3 Å². The fourth-order valence-corrected chi connectivity index (χ4v) is 5.79. The summed E-state index contributed by atoms with van der Waals surface area (Å²) in [6, 6.07) is 36.1. The van der Waals surface area contributed by atoms with E-state index in [-0.39, 0.29) is 0 Å². The van der Waals surface area contributed by atoms with Gasteiger partial charge in [-0.1, -0.05) is 102 Å². The van der Waals surface area contributed by atoms with Crippen molar-refractivity contribution in [1.29, 1.82) is 0 Å². The largest absolute Gasteiger partial charge is 0.366 e. The number of nitrogens with zero attached hydrogens (tertiary/aromatic N) is 1. The molecule has 5 heteroatoms. The van der Waals surface area contributed by atoms with Crippen LogP contribution in [0.3, 0.4) is 0 Å². The summed E-state index contributed by atoms with van der Waals surface area (Å²) in [5, 5.41) is 2.97. The number of nitrogens with two attached hydrogens (primary N) is 1. The van der Waals surface area contributed by atoms with E-state index in [1.165, 1.54) is 0 Å². The minimum atomic E-state index is -0.451. The summed E-state index contributed by atoms with van der Waals surface area (Å²) in [5.74, 6) is -0.451. The van der Waals surface area contributed by atoms with E-state index in [1.54, 1.807) is 6.07 Å².